The fraction of sp³-hybridized carbons (Fsp3) is 0.125. The van der Waals surface area contributed by atoms with Gasteiger partial charge in [0.25, 0.3) is 0 Å². The molecule has 24 heavy (non-hydrogen) atoms. The van der Waals surface area contributed by atoms with E-state index in [2.05, 4.69) is 15.1 Å². The van der Waals surface area contributed by atoms with Crippen molar-refractivity contribution >= 4 is 11.6 Å². The summed E-state index contributed by atoms with van der Waals surface area (Å²) in [4.78, 5) is 20.3. The molecule has 4 heterocycles. The van der Waals surface area contributed by atoms with Gasteiger partial charge in [0.15, 0.2) is 11.4 Å². The fourth-order valence-corrected chi connectivity index (χ4v) is 2.51. The van der Waals surface area contributed by atoms with Gasteiger partial charge in [-0.3, -0.25) is 4.79 Å². The molecule has 0 radical (unpaired) electrons. The van der Waals surface area contributed by atoms with Crippen LogP contribution in [0.25, 0.3) is 28.4 Å². The van der Waals surface area contributed by atoms with Crippen LogP contribution in [-0.2, 0) is 7.05 Å². The number of pyridine rings is 1. The third kappa shape index (κ3) is 2.16. The lowest BCUT2D eigenvalue weighted by Gasteiger charge is -2.05. The number of rotatable bonds is 2. The van der Waals surface area contributed by atoms with Gasteiger partial charge in [0.05, 0.1) is 0 Å². The number of nitrogen functional groups attached to an aromatic ring is 1. The van der Waals surface area contributed by atoms with Crippen LogP contribution in [0.5, 0.6) is 0 Å². The number of aromatic nitrogens is 5. The third-order valence-electron chi connectivity index (χ3n) is 3.75. The van der Waals surface area contributed by atoms with Gasteiger partial charge in [-0.15, -0.1) is 5.10 Å². The van der Waals surface area contributed by atoms with Gasteiger partial charge in [-0.1, -0.05) is 0 Å². The van der Waals surface area contributed by atoms with Crippen LogP contribution in [0.3, 0.4) is 0 Å². The molecule has 0 amide bonds. The zero-order valence-corrected chi connectivity index (χ0v) is 13.1. The maximum Gasteiger partial charge on any atom is 0.250 e. The van der Waals surface area contributed by atoms with Gasteiger partial charge in [-0.2, -0.15) is 4.52 Å². The van der Waals surface area contributed by atoms with Gasteiger partial charge in [0.2, 0.25) is 17.3 Å². The van der Waals surface area contributed by atoms with E-state index in [0.717, 1.165) is 16.9 Å². The van der Waals surface area contributed by atoms with E-state index in [1.807, 2.05) is 13.0 Å². The average Bonchev–Trinajstić information content (AvgIpc) is 3.17. The van der Waals surface area contributed by atoms with Crippen molar-refractivity contribution in [1.29, 1.82) is 0 Å². The number of fused-ring (bicyclic) bond motifs is 1. The fourth-order valence-electron chi connectivity index (χ4n) is 2.51. The van der Waals surface area contributed by atoms with E-state index in [-0.39, 0.29) is 11.5 Å². The Balaban J connectivity index is 1.96. The van der Waals surface area contributed by atoms with Crippen LogP contribution >= 0.6 is 0 Å². The smallest absolute Gasteiger partial charge is 0.250 e. The molecular formula is C16H14N6O2. The monoisotopic (exact) mass is 322 g/mol. The Morgan fingerprint density at radius 2 is 2.04 bits per heavy atom. The molecule has 0 atom stereocenters. The largest absolute Gasteiger partial charge is 0.458 e. The molecule has 2 N–H and O–H groups in total. The van der Waals surface area contributed by atoms with Gasteiger partial charge in [-0.05, 0) is 25.1 Å². The van der Waals surface area contributed by atoms with E-state index >= 15 is 0 Å². The zero-order valence-electron chi connectivity index (χ0n) is 13.1. The molecule has 0 saturated carbocycles. The first kappa shape index (κ1) is 14.2. The molecule has 4 aromatic heterocycles. The van der Waals surface area contributed by atoms with Gasteiger partial charge in [0.1, 0.15) is 5.76 Å². The minimum Gasteiger partial charge on any atom is -0.458 e. The van der Waals surface area contributed by atoms with Crippen LogP contribution in [0.4, 0.5) is 5.95 Å². The lowest BCUT2D eigenvalue weighted by molar-refractivity contribution is 0.544. The Bertz CT molecular complexity index is 1120. The molecule has 0 saturated heterocycles. The van der Waals surface area contributed by atoms with Crippen LogP contribution in [-0.4, -0.2) is 24.1 Å². The van der Waals surface area contributed by atoms with Crippen molar-refractivity contribution in [1.82, 2.24) is 24.1 Å². The summed E-state index contributed by atoms with van der Waals surface area (Å²) >= 11 is 0. The molecule has 8 nitrogen and oxygen atoms in total. The van der Waals surface area contributed by atoms with E-state index in [9.17, 15) is 4.79 Å². The van der Waals surface area contributed by atoms with Crippen LogP contribution in [0.15, 0.2) is 45.9 Å². The Morgan fingerprint density at radius 3 is 2.75 bits per heavy atom. The highest BCUT2D eigenvalue weighted by Crippen LogP contribution is 2.26. The van der Waals surface area contributed by atoms with Crippen molar-refractivity contribution in [3.63, 3.8) is 0 Å². The summed E-state index contributed by atoms with van der Waals surface area (Å²) in [6.45, 7) is 1.85. The first-order valence-electron chi connectivity index (χ1n) is 7.28. The molecule has 0 spiro atoms. The van der Waals surface area contributed by atoms with Gasteiger partial charge < -0.3 is 14.7 Å². The Labute approximate surface area is 136 Å². The topological polar surface area (TPSA) is 104 Å². The van der Waals surface area contributed by atoms with Crippen molar-refractivity contribution in [3.8, 4) is 22.7 Å². The summed E-state index contributed by atoms with van der Waals surface area (Å²) in [7, 11) is 1.69. The lowest BCUT2D eigenvalue weighted by Crippen LogP contribution is -2.14. The summed E-state index contributed by atoms with van der Waals surface area (Å²) in [5.41, 5.74) is 7.89. The highest BCUT2D eigenvalue weighted by Gasteiger charge is 2.16. The molecule has 0 aliphatic rings. The molecule has 0 aliphatic carbocycles. The minimum atomic E-state index is -0.0913. The molecule has 8 heteroatoms. The highest BCUT2D eigenvalue weighted by atomic mass is 16.3. The standard InChI is InChI=1S/C16H14N6O2/c1-9-3-5-12(24-9)14-19-15-11(7-18-16(17)22(15)20-14)10-4-6-13(23)21(2)8-10/h3-8H,1-2H3,(H2,17,18). The maximum absolute atomic E-state index is 11.6. The molecular weight excluding hydrogens is 308 g/mol. The molecule has 0 bridgehead atoms. The molecule has 0 aliphatic heterocycles. The molecule has 0 fully saturated rings. The van der Waals surface area contributed by atoms with Crippen molar-refractivity contribution in [2.24, 2.45) is 7.05 Å². The zero-order chi connectivity index (χ0) is 16.8. The number of aryl methyl sites for hydroxylation is 2. The molecule has 120 valence electrons. The number of hydrogen-bond donors (Lipinski definition) is 1. The summed E-state index contributed by atoms with van der Waals surface area (Å²) in [6.07, 6.45) is 3.34. The number of anilines is 1. The lowest BCUT2D eigenvalue weighted by atomic mass is 10.1. The number of hydrogen-bond acceptors (Lipinski definition) is 6. The predicted molar refractivity (Wildman–Crippen MR) is 88.3 cm³/mol. The van der Waals surface area contributed by atoms with Crippen LogP contribution in [0.2, 0.25) is 0 Å². The summed E-state index contributed by atoms with van der Waals surface area (Å²) < 4.78 is 8.54. The second-order valence-electron chi connectivity index (χ2n) is 5.48. The van der Waals surface area contributed by atoms with Crippen LogP contribution in [0.1, 0.15) is 5.76 Å². The Kier molecular flexibility index (Phi) is 2.99. The van der Waals surface area contributed by atoms with E-state index in [4.69, 9.17) is 10.2 Å². The highest BCUT2D eigenvalue weighted by molar-refractivity contribution is 5.78. The number of nitrogens with two attached hydrogens (primary N) is 1. The van der Waals surface area contributed by atoms with Crippen molar-refractivity contribution < 1.29 is 4.42 Å². The van der Waals surface area contributed by atoms with E-state index in [1.165, 1.54) is 15.1 Å². The molecule has 0 unspecified atom stereocenters. The predicted octanol–water partition coefficient (Wildman–Crippen LogP) is 1.64. The summed E-state index contributed by atoms with van der Waals surface area (Å²) in [6, 6.07) is 6.87. The molecule has 4 aromatic rings. The van der Waals surface area contributed by atoms with Crippen molar-refractivity contribution in [3.05, 3.63) is 52.8 Å². The SMILES string of the molecule is Cc1ccc(-c2nc3c(-c4ccc(=O)n(C)c4)cnc(N)n3n2)o1. The first-order valence-corrected chi connectivity index (χ1v) is 7.28. The quantitative estimate of drug-likeness (QED) is 0.601. The second-order valence-corrected chi connectivity index (χ2v) is 5.48. The molecule has 0 aromatic carbocycles. The molecule has 4 rings (SSSR count). The van der Waals surface area contributed by atoms with Gasteiger partial charge in [-0.25, -0.2) is 9.97 Å². The van der Waals surface area contributed by atoms with E-state index < -0.39 is 0 Å². The summed E-state index contributed by atoms with van der Waals surface area (Å²) in [5, 5.41) is 4.38. The van der Waals surface area contributed by atoms with Gasteiger partial charge >= 0.3 is 0 Å². The third-order valence-corrected chi connectivity index (χ3v) is 3.75. The number of furan rings is 1. The maximum atomic E-state index is 11.6. The van der Waals surface area contributed by atoms with Crippen LogP contribution in [0, 0.1) is 6.92 Å². The summed E-state index contributed by atoms with van der Waals surface area (Å²) in [5.74, 6) is 1.98. The Hall–Kier alpha value is -3.42. The normalized spacial score (nSPS) is 11.2. The second kappa shape index (κ2) is 5.05. The van der Waals surface area contributed by atoms with Crippen molar-refractivity contribution in [2.75, 3.05) is 5.73 Å². The Morgan fingerprint density at radius 1 is 1.21 bits per heavy atom. The minimum absolute atomic E-state index is 0.0913. The van der Waals surface area contributed by atoms with Crippen LogP contribution < -0.4 is 11.3 Å². The van der Waals surface area contributed by atoms with E-state index in [1.54, 1.807) is 31.6 Å². The average molecular weight is 322 g/mol. The van der Waals surface area contributed by atoms with Gasteiger partial charge in [0, 0.05) is 36.6 Å². The first-order chi connectivity index (χ1) is 11.5. The number of nitrogens with zero attached hydrogens (tertiary/aromatic N) is 5. The van der Waals surface area contributed by atoms with E-state index in [0.29, 0.717) is 17.2 Å². The van der Waals surface area contributed by atoms with Crippen molar-refractivity contribution in [2.45, 2.75) is 6.92 Å².